The fraction of sp³-hybridized carbons (Fsp3) is 0.467. The fourth-order valence-corrected chi connectivity index (χ4v) is 2.73. The number of tetrazole rings is 1. The van der Waals surface area contributed by atoms with Gasteiger partial charge in [-0.15, -0.1) is 5.10 Å². The highest BCUT2D eigenvalue weighted by atomic mass is 16.5. The van der Waals surface area contributed by atoms with E-state index < -0.39 is 0 Å². The standard InChI is InChI=1S/C15H20N6O2/c1-19-14(16-17-18-19)11-15(22)21-9-7-20(8-10-21)12-5-3-4-6-13(12)23-2/h3-6H,7-11H2,1-2H3. The van der Waals surface area contributed by atoms with Gasteiger partial charge in [-0.1, -0.05) is 12.1 Å². The average molecular weight is 316 g/mol. The van der Waals surface area contributed by atoms with Crippen molar-refractivity contribution in [1.82, 2.24) is 25.1 Å². The Morgan fingerprint density at radius 2 is 1.96 bits per heavy atom. The van der Waals surface area contributed by atoms with Crippen LogP contribution < -0.4 is 9.64 Å². The number of carbonyl (C=O) groups is 1. The van der Waals surface area contributed by atoms with E-state index in [2.05, 4.69) is 20.4 Å². The number of anilines is 1. The molecule has 0 radical (unpaired) electrons. The van der Waals surface area contributed by atoms with Crippen molar-refractivity contribution in [3.05, 3.63) is 30.1 Å². The molecule has 1 aliphatic heterocycles. The number of nitrogens with zero attached hydrogens (tertiary/aromatic N) is 6. The lowest BCUT2D eigenvalue weighted by Gasteiger charge is -2.36. The zero-order chi connectivity index (χ0) is 16.2. The maximum atomic E-state index is 12.4. The number of aryl methyl sites for hydroxylation is 1. The lowest BCUT2D eigenvalue weighted by atomic mass is 10.2. The number of rotatable bonds is 4. The van der Waals surface area contributed by atoms with Crippen LogP contribution in [0.3, 0.4) is 0 Å². The van der Waals surface area contributed by atoms with Gasteiger partial charge in [0.1, 0.15) is 5.75 Å². The van der Waals surface area contributed by atoms with E-state index in [1.165, 1.54) is 4.68 Å². The summed E-state index contributed by atoms with van der Waals surface area (Å²) >= 11 is 0. The number of carbonyl (C=O) groups excluding carboxylic acids is 1. The lowest BCUT2D eigenvalue weighted by Crippen LogP contribution is -2.49. The summed E-state index contributed by atoms with van der Waals surface area (Å²) in [6.07, 6.45) is 0.234. The summed E-state index contributed by atoms with van der Waals surface area (Å²) in [5.41, 5.74) is 1.07. The molecule has 23 heavy (non-hydrogen) atoms. The third-order valence-electron chi connectivity index (χ3n) is 4.08. The van der Waals surface area contributed by atoms with Crippen molar-refractivity contribution < 1.29 is 9.53 Å². The normalized spacial score (nSPS) is 14.9. The monoisotopic (exact) mass is 316 g/mol. The van der Waals surface area contributed by atoms with Crippen molar-refractivity contribution in [1.29, 1.82) is 0 Å². The first-order valence-electron chi connectivity index (χ1n) is 7.56. The van der Waals surface area contributed by atoms with E-state index in [-0.39, 0.29) is 12.3 Å². The molecule has 0 atom stereocenters. The molecule has 122 valence electrons. The van der Waals surface area contributed by atoms with E-state index in [0.717, 1.165) is 24.5 Å². The number of aromatic nitrogens is 4. The van der Waals surface area contributed by atoms with Gasteiger partial charge in [0.15, 0.2) is 5.82 Å². The molecule has 1 aromatic heterocycles. The Hall–Kier alpha value is -2.64. The van der Waals surface area contributed by atoms with E-state index in [4.69, 9.17) is 4.74 Å². The Bertz CT molecular complexity index is 678. The first-order chi connectivity index (χ1) is 11.2. The number of hydrogen-bond donors (Lipinski definition) is 0. The van der Waals surface area contributed by atoms with Crippen LogP contribution in [0.15, 0.2) is 24.3 Å². The molecule has 2 aromatic rings. The summed E-state index contributed by atoms with van der Waals surface area (Å²) < 4.78 is 6.94. The van der Waals surface area contributed by atoms with E-state index >= 15 is 0 Å². The van der Waals surface area contributed by atoms with Crippen LogP contribution in [0.4, 0.5) is 5.69 Å². The molecule has 0 saturated carbocycles. The van der Waals surface area contributed by atoms with Crippen molar-refractivity contribution in [3.8, 4) is 5.75 Å². The Balaban J connectivity index is 1.60. The van der Waals surface area contributed by atoms with Gasteiger partial charge in [-0.25, -0.2) is 4.68 Å². The van der Waals surface area contributed by atoms with Crippen molar-refractivity contribution in [2.75, 3.05) is 38.2 Å². The van der Waals surface area contributed by atoms with Crippen molar-refractivity contribution in [2.45, 2.75) is 6.42 Å². The lowest BCUT2D eigenvalue weighted by molar-refractivity contribution is -0.130. The molecule has 2 heterocycles. The molecule has 0 bridgehead atoms. The molecule has 0 aliphatic carbocycles. The molecule has 8 nitrogen and oxygen atoms in total. The minimum Gasteiger partial charge on any atom is -0.495 e. The first-order valence-corrected chi connectivity index (χ1v) is 7.56. The van der Waals surface area contributed by atoms with Gasteiger partial charge in [-0.3, -0.25) is 4.79 Å². The number of para-hydroxylation sites is 2. The van der Waals surface area contributed by atoms with Gasteiger partial charge in [0.25, 0.3) is 0 Å². The number of benzene rings is 1. The molecule has 1 fully saturated rings. The second-order valence-electron chi connectivity index (χ2n) is 5.44. The van der Waals surface area contributed by atoms with Crippen LogP contribution in [-0.2, 0) is 18.3 Å². The SMILES string of the molecule is COc1ccccc1N1CCN(C(=O)Cc2nnnn2C)CC1. The molecular weight excluding hydrogens is 296 g/mol. The van der Waals surface area contributed by atoms with Crippen LogP contribution in [0, 0.1) is 0 Å². The highest BCUT2D eigenvalue weighted by molar-refractivity contribution is 5.78. The molecule has 0 spiro atoms. The number of piperazine rings is 1. The summed E-state index contributed by atoms with van der Waals surface area (Å²) in [6, 6.07) is 7.95. The Kier molecular flexibility index (Phi) is 4.40. The third kappa shape index (κ3) is 3.25. The molecule has 3 rings (SSSR count). The maximum Gasteiger partial charge on any atom is 0.230 e. The maximum absolute atomic E-state index is 12.4. The zero-order valence-electron chi connectivity index (χ0n) is 13.3. The highest BCUT2D eigenvalue weighted by Crippen LogP contribution is 2.28. The molecule has 0 N–H and O–H groups in total. The van der Waals surface area contributed by atoms with Gasteiger partial charge >= 0.3 is 0 Å². The minimum atomic E-state index is 0.0579. The Labute approximate surface area is 134 Å². The third-order valence-corrected chi connectivity index (χ3v) is 4.08. The number of hydrogen-bond acceptors (Lipinski definition) is 6. The molecule has 1 amide bonds. The van der Waals surface area contributed by atoms with E-state index in [1.807, 2.05) is 29.2 Å². The predicted octanol–water partition coefficient (Wildman–Crippen LogP) is 0.110. The van der Waals surface area contributed by atoms with Crippen LogP contribution in [0.1, 0.15) is 5.82 Å². The average Bonchev–Trinajstić information content (AvgIpc) is 3.00. The second kappa shape index (κ2) is 6.64. The summed E-state index contributed by atoms with van der Waals surface area (Å²) in [5, 5.41) is 11.2. The summed E-state index contributed by atoms with van der Waals surface area (Å²) in [4.78, 5) is 16.5. The zero-order valence-corrected chi connectivity index (χ0v) is 13.3. The van der Waals surface area contributed by atoms with E-state index in [0.29, 0.717) is 18.9 Å². The molecule has 1 saturated heterocycles. The van der Waals surface area contributed by atoms with Crippen molar-refractivity contribution >= 4 is 11.6 Å². The topological polar surface area (TPSA) is 76.4 Å². The van der Waals surface area contributed by atoms with Crippen molar-refractivity contribution in [3.63, 3.8) is 0 Å². The summed E-state index contributed by atoms with van der Waals surface area (Å²) in [7, 11) is 3.41. The van der Waals surface area contributed by atoms with Gasteiger partial charge in [0.05, 0.1) is 19.2 Å². The van der Waals surface area contributed by atoms with E-state index in [1.54, 1.807) is 14.2 Å². The van der Waals surface area contributed by atoms with Gasteiger partial charge in [-0.05, 0) is 22.6 Å². The smallest absolute Gasteiger partial charge is 0.230 e. The van der Waals surface area contributed by atoms with Gasteiger partial charge in [0.2, 0.25) is 5.91 Å². The second-order valence-corrected chi connectivity index (χ2v) is 5.44. The minimum absolute atomic E-state index is 0.0579. The van der Waals surface area contributed by atoms with Crippen LogP contribution in [0.25, 0.3) is 0 Å². The largest absolute Gasteiger partial charge is 0.495 e. The van der Waals surface area contributed by atoms with Crippen LogP contribution in [0.5, 0.6) is 5.75 Å². The van der Waals surface area contributed by atoms with Gasteiger partial charge in [-0.2, -0.15) is 0 Å². The summed E-state index contributed by atoms with van der Waals surface area (Å²) in [5.74, 6) is 1.50. The molecule has 0 unspecified atom stereocenters. The van der Waals surface area contributed by atoms with Crippen LogP contribution in [0.2, 0.25) is 0 Å². The van der Waals surface area contributed by atoms with E-state index in [9.17, 15) is 4.79 Å². The fourth-order valence-electron chi connectivity index (χ4n) is 2.73. The highest BCUT2D eigenvalue weighted by Gasteiger charge is 2.23. The predicted molar refractivity (Wildman–Crippen MR) is 84.3 cm³/mol. The quantitative estimate of drug-likeness (QED) is 0.797. The molecular formula is C15H20N6O2. The first kappa shape index (κ1) is 15.3. The number of amides is 1. The Morgan fingerprint density at radius 1 is 1.22 bits per heavy atom. The summed E-state index contributed by atoms with van der Waals surface area (Å²) in [6.45, 7) is 2.93. The molecule has 1 aromatic carbocycles. The molecule has 1 aliphatic rings. The number of ether oxygens (including phenoxy) is 1. The Morgan fingerprint density at radius 3 is 2.61 bits per heavy atom. The van der Waals surface area contributed by atoms with Gasteiger partial charge < -0.3 is 14.5 Å². The van der Waals surface area contributed by atoms with Crippen LogP contribution >= 0.6 is 0 Å². The molecule has 8 heteroatoms. The number of methoxy groups -OCH3 is 1. The van der Waals surface area contributed by atoms with Crippen LogP contribution in [-0.4, -0.2) is 64.3 Å². The van der Waals surface area contributed by atoms with Gasteiger partial charge in [0, 0.05) is 33.2 Å². The van der Waals surface area contributed by atoms with Crippen molar-refractivity contribution in [2.24, 2.45) is 7.05 Å².